The van der Waals surface area contributed by atoms with Crippen molar-refractivity contribution in [2.75, 3.05) is 27.8 Å². The molecule has 0 aliphatic carbocycles. The van der Waals surface area contributed by atoms with Crippen molar-refractivity contribution in [2.45, 2.75) is 18.4 Å². The van der Waals surface area contributed by atoms with Gasteiger partial charge in [-0.3, -0.25) is 4.79 Å². The maximum Gasteiger partial charge on any atom is 0.241 e. The van der Waals surface area contributed by atoms with Crippen LogP contribution in [-0.4, -0.2) is 33.7 Å². The molecule has 0 heterocycles. The van der Waals surface area contributed by atoms with E-state index < -0.39 is 6.04 Å². The van der Waals surface area contributed by atoms with Crippen LogP contribution in [0.1, 0.15) is 35.1 Å². The molecular formula is C26H29FN2O3. The van der Waals surface area contributed by atoms with E-state index in [9.17, 15) is 9.18 Å². The van der Waals surface area contributed by atoms with Gasteiger partial charge in [-0.05, 0) is 53.9 Å². The monoisotopic (exact) mass is 436 g/mol. The van der Waals surface area contributed by atoms with E-state index in [2.05, 4.69) is 10.6 Å². The number of hydrogen-bond donors (Lipinski definition) is 2. The molecule has 6 heteroatoms. The van der Waals surface area contributed by atoms with Crippen molar-refractivity contribution in [3.63, 3.8) is 0 Å². The molecule has 0 saturated heterocycles. The maximum atomic E-state index is 13.6. The zero-order valence-electron chi connectivity index (χ0n) is 18.6. The minimum Gasteiger partial charge on any atom is -0.493 e. The molecule has 0 unspecified atom stereocenters. The summed E-state index contributed by atoms with van der Waals surface area (Å²) in [5.74, 6) is 0.889. The first kappa shape index (κ1) is 23.3. The molecule has 0 aliphatic heterocycles. The average molecular weight is 437 g/mol. The van der Waals surface area contributed by atoms with Crippen molar-refractivity contribution in [3.05, 3.63) is 95.3 Å². The van der Waals surface area contributed by atoms with Crippen LogP contribution in [-0.2, 0) is 4.79 Å². The first-order valence-electron chi connectivity index (χ1n) is 10.5. The number of benzene rings is 3. The van der Waals surface area contributed by atoms with Crippen molar-refractivity contribution in [1.82, 2.24) is 10.6 Å². The molecule has 2 atom stereocenters. The number of likely N-dealkylation sites (N-methyl/N-ethyl adjacent to an activating group) is 1. The third-order valence-corrected chi connectivity index (χ3v) is 5.51. The zero-order valence-corrected chi connectivity index (χ0v) is 18.6. The summed E-state index contributed by atoms with van der Waals surface area (Å²) in [5.41, 5.74) is 2.90. The number of rotatable bonds is 10. The Balaban J connectivity index is 1.84. The van der Waals surface area contributed by atoms with E-state index in [1.807, 2.05) is 48.5 Å². The van der Waals surface area contributed by atoms with Gasteiger partial charge in [0.1, 0.15) is 11.9 Å². The first-order chi connectivity index (χ1) is 15.6. The number of ether oxygens (including phenoxy) is 2. The van der Waals surface area contributed by atoms with Crippen molar-refractivity contribution in [1.29, 1.82) is 0 Å². The molecule has 2 N–H and O–H groups in total. The number of nitrogens with one attached hydrogen (secondary N) is 2. The van der Waals surface area contributed by atoms with Gasteiger partial charge in [-0.25, -0.2) is 4.39 Å². The Labute approximate surface area is 188 Å². The van der Waals surface area contributed by atoms with Gasteiger partial charge in [0.05, 0.1) is 14.2 Å². The van der Waals surface area contributed by atoms with E-state index in [1.165, 1.54) is 12.1 Å². The second-order valence-corrected chi connectivity index (χ2v) is 7.42. The van der Waals surface area contributed by atoms with Crippen LogP contribution < -0.4 is 20.1 Å². The molecule has 0 bridgehead atoms. The molecule has 5 nitrogen and oxygen atoms in total. The summed E-state index contributed by atoms with van der Waals surface area (Å²) >= 11 is 0. The maximum absolute atomic E-state index is 13.6. The summed E-state index contributed by atoms with van der Waals surface area (Å²) < 4.78 is 24.4. The topological polar surface area (TPSA) is 59.6 Å². The summed E-state index contributed by atoms with van der Waals surface area (Å²) in [6.07, 6.45) is 0.696. The van der Waals surface area contributed by atoms with Crippen LogP contribution in [0, 0.1) is 5.82 Å². The van der Waals surface area contributed by atoms with Crippen LogP contribution in [0.4, 0.5) is 4.39 Å². The van der Waals surface area contributed by atoms with Crippen LogP contribution in [0.15, 0.2) is 72.8 Å². The summed E-state index contributed by atoms with van der Waals surface area (Å²) in [6.45, 7) is 0.573. The number of hydrogen-bond acceptors (Lipinski definition) is 4. The Morgan fingerprint density at radius 3 is 2.16 bits per heavy atom. The van der Waals surface area contributed by atoms with Gasteiger partial charge < -0.3 is 20.1 Å². The van der Waals surface area contributed by atoms with Gasteiger partial charge in [0.25, 0.3) is 0 Å². The minimum absolute atomic E-state index is 0.0241. The molecule has 1 amide bonds. The largest absolute Gasteiger partial charge is 0.493 e. The highest BCUT2D eigenvalue weighted by Gasteiger charge is 2.21. The molecule has 3 rings (SSSR count). The van der Waals surface area contributed by atoms with E-state index in [1.54, 1.807) is 33.4 Å². The summed E-state index contributed by atoms with van der Waals surface area (Å²) in [6, 6.07) is 21.5. The highest BCUT2D eigenvalue weighted by molar-refractivity contribution is 5.82. The lowest BCUT2D eigenvalue weighted by Crippen LogP contribution is -2.36. The van der Waals surface area contributed by atoms with Gasteiger partial charge in [0.2, 0.25) is 5.91 Å². The van der Waals surface area contributed by atoms with Gasteiger partial charge in [-0.1, -0.05) is 48.5 Å². The predicted octanol–water partition coefficient (Wildman–Crippen LogP) is 4.44. The third kappa shape index (κ3) is 5.65. The van der Waals surface area contributed by atoms with Crippen molar-refractivity contribution in [2.24, 2.45) is 0 Å². The fourth-order valence-electron chi connectivity index (χ4n) is 3.81. The lowest BCUT2D eigenvalue weighted by atomic mass is 9.88. The summed E-state index contributed by atoms with van der Waals surface area (Å²) in [7, 11) is 4.83. The number of methoxy groups -OCH3 is 2. The minimum atomic E-state index is -0.458. The van der Waals surface area contributed by atoms with Crippen LogP contribution in [0.5, 0.6) is 11.5 Å². The molecule has 0 aliphatic rings. The summed E-state index contributed by atoms with van der Waals surface area (Å²) in [5, 5.41) is 6.10. The van der Waals surface area contributed by atoms with Crippen molar-refractivity contribution < 1.29 is 18.7 Å². The first-order valence-corrected chi connectivity index (χ1v) is 10.5. The number of carbonyl (C=O) groups is 1. The zero-order chi connectivity index (χ0) is 22.9. The molecule has 0 radical (unpaired) electrons. The van der Waals surface area contributed by atoms with Crippen LogP contribution in [0.25, 0.3) is 0 Å². The van der Waals surface area contributed by atoms with Crippen LogP contribution in [0.2, 0.25) is 0 Å². The molecule has 0 aromatic heterocycles. The van der Waals surface area contributed by atoms with E-state index >= 15 is 0 Å². The average Bonchev–Trinajstić information content (AvgIpc) is 2.84. The van der Waals surface area contributed by atoms with Gasteiger partial charge in [0, 0.05) is 13.0 Å². The molecule has 0 fully saturated rings. The van der Waals surface area contributed by atoms with Crippen LogP contribution >= 0.6 is 0 Å². The summed E-state index contributed by atoms with van der Waals surface area (Å²) in [4.78, 5) is 12.5. The molecule has 3 aromatic rings. The van der Waals surface area contributed by atoms with E-state index in [4.69, 9.17) is 9.47 Å². The highest BCUT2D eigenvalue weighted by Crippen LogP contribution is 2.35. The third-order valence-electron chi connectivity index (χ3n) is 5.51. The Morgan fingerprint density at radius 1 is 0.875 bits per heavy atom. The fraction of sp³-hybridized carbons (Fsp3) is 0.269. The van der Waals surface area contributed by atoms with Gasteiger partial charge in [0.15, 0.2) is 11.5 Å². The number of halogens is 1. The van der Waals surface area contributed by atoms with E-state index in [0.29, 0.717) is 24.5 Å². The molecule has 3 aromatic carbocycles. The quantitative estimate of drug-likeness (QED) is 0.493. The van der Waals surface area contributed by atoms with Crippen LogP contribution in [0.3, 0.4) is 0 Å². The van der Waals surface area contributed by atoms with Gasteiger partial charge in [-0.15, -0.1) is 0 Å². The molecule has 0 saturated carbocycles. The standard InChI is InChI=1S/C26H29FN2O3/c1-28-26(30)25(19-7-5-4-6-8-19)29-16-15-22(18-9-12-21(27)13-10-18)20-11-14-23(31-2)24(17-20)32-3/h4-14,17,22,25,29H,15-16H2,1-3H3,(H,28,30)/t22-,25+/m0/s1. The van der Waals surface area contributed by atoms with Gasteiger partial charge in [-0.2, -0.15) is 0 Å². The van der Waals surface area contributed by atoms with E-state index in [0.717, 1.165) is 16.7 Å². The molecule has 32 heavy (non-hydrogen) atoms. The second-order valence-electron chi connectivity index (χ2n) is 7.42. The smallest absolute Gasteiger partial charge is 0.241 e. The Morgan fingerprint density at radius 2 is 1.53 bits per heavy atom. The Kier molecular flexibility index (Phi) is 8.22. The lowest BCUT2D eigenvalue weighted by Gasteiger charge is -2.22. The predicted molar refractivity (Wildman–Crippen MR) is 124 cm³/mol. The fourth-order valence-corrected chi connectivity index (χ4v) is 3.81. The molecule has 168 valence electrons. The second kappa shape index (κ2) is 11.3. The van der Waals surface area contributed by atoms with E-state index in [-0.39, 0.29) is 17.6 Å². The Bertz CT molecular complexity index is 1010. The molecular weight excluding hydrogens is 407 g/mol. The highest BCUT2D eigenvalue weighted by atomic mass is 19.1. The van der Waals surface area contributed by atoms with Gasteiger partial charge >= 0.3 is 0 Å². The SMILES string of the molecule is CNC(=O)[C@H](NCC[C@@H](c1ccc(F)cc1)c1ccc(OC)c(OC)c1)c1ccccc1. The Hall–Kier alpha value is -3.38. The number of amides is 1. The van der Waals surface area contributed by atoms with Crippen molar-refractivity contribution >= 4 is 5.91 Å². The van der Waals surface area contributed by atoms with Crippen molar-refractivity contribution in [3.8, 4) is 11.5 Å². The number of carbonyl (C=O) groups excluding carboxylic acids is 1. The lowest BCUT2D eigenvalue weighted by molar-refractivity contribution is -0.122. The molecule has 0 spiro atoms. The normalized spacial score (nSPS) is 12.6.